The van der Waals surface area contributed by atoms with Crippen LogP contribution in [0.2, 0.25) is 0 Å². The van der Waals surface area contributed by atoms with E-state index >= 15 is 0 Å². The predicted molar refractivity (Wildman–Crippen MR) is 96.6 cm³/mol. The van der Waals surface area contributed by atoms with Crippen LogP contribution in [0, 0.1) is 12.8 Å². The summed E-state index contributed by atoms with van der Waals surface area (Å²) in [6.45, 7) is 5.60. The molecule has 128 valence electrons. The third-order valence-corrected chi connectivity index (χ3v) is 6.09. The van der Waals surface area contributed by atoms with Gasteiger partial charge in [0.05, 0.1) is 5.60 Å². The molecule has 1 aromatic carbocycles. The number of nitrogens with zero attached hydrogens (tertiary/aromatic N) is 1. The van der Waals surface area contributed by atoms with E-state index < -0.39 is 5.60 Å². The van der Waals surface area contributed by atoms with E-state index in [-0.39, 0.29) is 0 Å². The highest BCUT2D eigenvalue weighted by Crippen LogP contribution is 2.42. The van der Waals surface area contributed by atoms with Gasteiger partial charge in [0.2, 0.25) is 0 Å². The molecule has 1 saturated heterocycles. The molecule has 0 amide bonds. The van der Waals surface area contributed by atoms with E-state index in [1.807, 2.05) is 0 Å². The summed E-state index contributed by atoms with van der Waals surface area (Å²) in [4.78, 5) is 2.56. The zero-order chi connectivity index (χ0) is 16.1. The molecule has 0 aromatic heterocycles. The summed E-state index contributed by atoms with van der Waals surface area (Å²) >= 11 is 0. The summed E-state index contributed by atoms with van der Waals surface area (Å²) < 4.78 is 0. The lowest BCUT2D eigenvalue weighted by molar-refractivity contribution is -0.0528. The first-order valence-corrected chi connectivity index (χ1v) is 9.70. The van der Waals surface area contributed by atoms with Crippen LogP contribution in [0.3, 0.4) is 0 Å². The van der Waals surface area contributed by atoms with E-state index in [2.05, 4.69) is 36.1 Å². The zero-order valence-corrected chi connectivity index (χ0v) is 14.8. The molecule has 1 aromatic rings. The Morgan fingerprint density at radius 3 is 2.22 bits per heavy atom. The third-order valence-electron chi connectivity index (χ3n) is 6.09. The molecule has 0 spiro atoms. The molecule has 0 bridgehead atoms. The molecular formula is C21H33NO. The van der Waals surface area contributed by atoms with Gasteiger partial charge in [-0.15, -0.1) is 0 Å². The van der Waals surface area contributed by atoms with Crippen LogP contribution in [-0.4, -0.2) is 29.6 Å². The maximum absolute atomic E-state index is 11.7. The first-order valence-electron chi connectivity index (χ1n) is 9.70. The van der Waals surface area contributed by atoms with Crippen LogP contribution in [0.15, 0.2) is 24.3 Å². The van der Waals surface area contributed by atoms with Gasteiger partial charge in [-0.3, -0.25) is 0 Å². The lowest BCUT2D eigenvalue weighted by atomic mass is 9.71. The normalized spacial score (nSPS) is 23.6. The Labute approximate surface area is 141 Å². The molecule has 3 rings (SSSR count). The van der Waals surface area contributed by atoms with Gasteiger partial charge in [0.25, 0.3) is 0 Å². The zero-order valence-electron chi connectivity index (χ0n) is 14.8. The highest BCUT2D eigenvalue weighted by atomic mass is 16.3. The van der Waals surface area contributed by atoms with Crippen molar-refractivity contribution in [3.05, 3.63) is 35.4 Å². The lowest BCUT2D eigenvalue weighted by Crippen LogP contribution is -2.41. The second-order valence-corrected chi connectivity index (χ2v) is 7.78. The largest absolute Gasteiger partial charge is 0.385 e. The van der Waals surface area contributed by atoms with Crippen molar-refractivity contribution in [3.8, 4) is 0 Å². The van der Waals surface area contributed by atoms with E-state index in [1.165, 1.54) is 70.0 Å². The Balaban J connectivity index is 1.75. The number of aliphatic hydroxyl groups is 1. The van der Waals surface area contributed by atoms with Crippen molar-refractivity contribution in [2.24, 2.45) is 5.92 Å². The van der Waals surface area contributed by atoms with Crippen LogP contribution in [0.4, 0.5) is 0 Å². The Morgan fingerprint density at radius 2 is 1.57 bits per heavy atom. The number of aryl methyl sites for hydroxylation is 1. The first-order chi connectivity index (χ1) is 11.2. The summed E-state index contributed by atoms with van der Waals surface area (Å²) in [6, 6.07) is 8.65. The van der Waals surface area contributed by atoms with Crippen LogP contribution < -0.4 is 0 Å². The smallest absolute Gasteiger partial charge is 0.0936 e. The standard InChI is InChI=1S/C21H33NO/c1-18-10-12-20(13-11-18)21(23,19-8-4-2-5-9-19)14-17-22-15-6-3-7-16-22/h10-13,19,23H,2-9,14-17H2,1H3. The quantitative estimate of drug-likeness (QED) is 0.855. The number of rotatable bonds is 5. The lowest BCUT2D eigenvalue weighted by Gasteiger charge is -2.41. The van der Waals surface area contributed by atoms with Crippen molar-refractivity contribution < 1.29 is 5.11 Å². The molecule has 1 aliphatic carbocycles. The molecule has 23 heavy (non-hydrogen) atoms. The predicted octanol–water partition coefficient (Wildman–Crippen LogP) is 4.64. The van der Waals surface area contributed by atoms with Crippen molar-refractivity contribution in [1.82, 2.24) is 4.90 Å². The minimum atomic E-state index is -0.633. The maximum Gasteiger partial charge on any atom is 0.0936 e. The van der Waals surface area contributed by atoms with Gasteiger partial charge in [-0.05, 0) is 63.6 Å². The minimum Gasteiger partial charge on any atom is -0.385 e. The Bertz CT molecular complexity index is 471. The van der Waals surface area contributed by atoms with E-state index in [4.69, 9.17) is 0 Å². The van der Waals surface area contributed by atoms with Crippen LogP contribution >= 0.6 is 0 Å². The van der Waals surface area contributed by atoms with E-state index in [0.717, 1.165) is 18.5 Å². The molecule has 1 heterocycles. The molecule has 1 aliphatic heterocycles. The molecule has 0 radical (unpaired) electrons. The summed E-state index contributed by atoms with van der Waals surface area (Å²) in [6.07, 6.45) is 11.2. The second kappa shape index (κ2) is 7.81. The Kier molecular flexibility index (Phi) is 5.76. The van der Waals surface area contributed by atoms with E-state index in [9.17, 15) is 5.11 Å². The summed E-state index contributed by atoms with van der Waals surface area (Å²) in [5.41, 5.74) is 1.79. The van der Waals surface area contributed by atoms with Crippen molar-refractivity contribution in [2.45, 2.75) is 70.3 Å². The number of benzene rings is 1. The first kappa shape index (κ1) is 17.0. The number of hydrogen-bond donors (Lipinski definition) is 1. The van der Waals surface area contributed by atoms with Gasteiger partial charge in [-0.1, -0.05) is 55.5 Å². The minimum absolute atomic E-state index is 0.434. The summed E-state index contributed by atoms with van der Waals surface area (Å²) in [7, 11) is 0. The van der Waals surface area contributed by atoms with Gasteiger partial charge in [-0.25, -0.2) is 0 Å². The highest BCUT2D eigenvalue weighted by molar-refractivity contribution is 5.27. The van der Waals surface area contributed by atoms with Crippen LogP contribution in [0.5, 0.6) is 0 Å². The topological polar surface area (TPSA) is 23.5 Å². The van der Waals surface area contributed by atoms with Gasteiger partial charge in [0.15, 0.2) is 0 Å². The molecule has 2 aliphatic rings. The molecular weight excluding hydrogens is 282 g/mol. The molecule has 1 saturated carbocycles. The molecule has 2 heteroatoms. The fourth-order valence-corrected chi connectivity index (χ4v) is 4.52. The molecule has 1 N–H and O–H groups in total. The van der Waals surface area contributed by atoms with Crippen molar-refractivity contribution in [3.63, 3.8) is 0 Å². The van der Waals surface area contributed by atoms with Crippen molar-refractivity contribution >= 4 is 0 Å². The van der Waals surface area contributed by atoms with Crippen LogP contribution in [-0.2, 0) is 5.60 Å². The Morgan fingerprint density at radius 1 is 0.957 bits per heavy atom. The number of piperidine rings is 1. The fourth-order valence-electron chi connectivity index (χ4n) is 4.52. The molecule has 1 unspecified atom stereocenters. The van der Waals surface area contributed by atoms with Crippen LogP contribution in [0.1, 0.15) is 68.9 Å². The highest BCUT2D eigenvalue weighted by Gasteiger charge is 2.38. The van der Waals surface area contributed by atoms with Gasteiger partial charge >= 0.3 is 0 Å². The summed E-state index contributed by atoms with van der Waals surface area (Å²) in [5, 5.41) is 11.7. The summed E-state index contributed by atoms with van der Waals surface area (Å²) in [5.74, 6) is 0.434. The Hall–Kier alpha value is -0.860. The molecule has 1 atom stereocenters. The van der Waals surface area contributed by atoms with E-state index in [0.29, 0.717) is 5.92 Å². The van der Waals surface area contributed by atoms with Gasteiger partial charge in [-0.2, -0.15) is 0 Å². The SMILES string of the molecule is Cc1ccc(C(O)(CCN2CCCCC2)C2CCCCC2)cc1. The number of likely N-dealkylation sites (tertiary alicyclic amines) is 1. The van der Waals surface area contributed by atoms with Gasteiger partial charge < -0.3 is 10.0 Å². The monoisotopic (exact) mass is 315 g/mol. The maximum atomic E-state index is 11.7. The molecule has 2 fully saturated rings. The van der Waals surface area contributed by atoms with Gasteiger partial charge in [0.1, 0.15) is 0 Å². The average molecular weight is 316 g/mol. The van der Waals surface area contributed by atoms with Gasteiger partial charge in [0, 0.05) is 6.54 Å². The van der Waals surface area contributed by atoms with Crippen LogP contribution in [0.25, 0.3) is 0 Å². The van der Waals surface area contributed by atoms with Crippen molar-refractivity contribution in [1.29, 1.82) is 0 Å². The average Bonchev–Trinajstić information content (AvgIpc) is 2.62. The second-order valence-electron chi connectivity index (χ2n) is 7.78. The number of hydrogen-bond acceptors (Lipinski definition) is 2. The fraction of sp³-hybridized carbons (Fsp3) is 0.714. The molecule has 2 nitrogen and oxygen atoms in total. The third kappa shape index (κ3) is 4.16. The van der Waals surface area contributed by atoms with E-state index in [1.54, 1.807) is 0 Å². The van der Waals surface area contributed by atoms with Crippen molar-refractivity contribution in [2.75, 3.05) is 19.6 Å².